The first kappa shape index (κ1) is 16.1. The van der Waals surface area contributed by atoms with Crippen molar-refractivity contribution in [3.05, 3.63) is 35.0 Å². The van der Waals surface area contributed by atoms with Gasteiger partial charge in [-0.05, 0) is 30.4 Å². The highest BCUT2D eigenvalue weighted by Gasteiger charge is 2.48. The smallest absolute Gasteiger partial charge is 0.272 e. The average molecular weight is 343 g/mol. The van der Waals surface area contributed by atoms with Crippen LogP contribution in [0.5, 0.6) is 5.88 Å². The van der Waals surface area contributed by atoms with Gasteiger partial charge in [0.2, 0.25) is 5.88 Å². The van der Waals surface area contributed by atoms with E-state index in [1.54, 1.807) is 18.5 Å². The molecule has 0 N–H and O–H groups in total. The zero-order valence-corrected chi connectivity index (χ0v) is 13.6. The number of hydrogen-bond donors (Lipinski definition) is 0. The zero-order valence-electron chi connectivity index (χ0n) is 12.8. The Kier molecular flexibility index (Phi) is 4.23. The Hall–Kier alpha value is -1.76. The fourth-order valence-corrected chi connectivity index (χ4v) is 3.57. The quantitative estimate of drug-likeness (QED) is 0.783. The van der Waals surface area contributed by atoms with Crippen molar-refractivity contribution in [2.24, 2.45) is 13.0 Å². The summed E-state index contributed by atoms with van der Waals surface area (Å²) in [5.41, 5.74) is 0.538. The molecule has 0 spiro atoms. The SMILES string of the molecule is CC1CC(c2cc(Cl)nc(OCC(F)F)c2)(c2nncn2C)C1. The largest absolute Gasteiger partial charge is 0.472 e. The molecule has 1 fully saturated rings. The van der Waals surface area contributed by atoms with Crippen LogP contribution in [0.4, 0.5) is 8.78 Å². The Morgan fingerprint density at radius 1 is 1.43 bits per heavy atom. The first-order valence-electron chi connectivity index (χ1n) is 7.34. The average Bonchev–Trinajstić information content (AvgIpc) is 2.87. The fourth-order valence-electron chi connectivity index (χ4n) is 3.37. The summed E-state index contributed by atoms with van der Waals surface area (Å²) in [6, 6.07) is 3.42. The van der Waals surface area contributed by atoms with Crippen molar-refractivity contribution >= 4 is 11.6 Å². The number of rotatable bonds is 5. The summed E-state index contributed by atoms with van der Waals surface area (Å²) in [6.45, 7) is 1.45. The number of halogens is 3. The van der Waals surface area contributed by atoms with Gasteiger partial charge in [0.15, 0.2) is 6.61 Å². The van der Waals surface area contributed by atoms with Gasteiger partial charge in [0.1, 0.15) is 17.3 Å². The van der Waals surface area contributed by atoms with E-state index in [4.69, 9.17) is 16.3 Å². The minimum atomic E-state index is -2.56. The van der Waals surface area contributed by atoms with Crippen LogP contribution in [0.2, 0.25) is 5.15 Å². The summed E-state index contributed by atoms with van der Waals surface area (Å²) in [7, 11) is 1.89. The minimum Gasteiger partial charge on any atom is -0.472 e. The molecule has 0 atom stereocenters. The van der Waals surface area contributed by atoms with E-state index in [0.717, 1.165) is 24.2 Å². The molecule has 2 aromatic heterocycles. The van der Waals surface area contributed by atoms with Gasteiger partial charge in [-0.25, -0.2) is 13.8 Å². The van der Waals surface area contributed by atoms with Crippen LogP contribution in [0.25, 0.3) is 0 Å². The van der Waals surface area contributed by atoms with Gasteiger partial charge in [0, 0.05) is 13.1 Å². The molecule has 0 aliphatic heterocycles. The molecule has 2 aromatic rings. The summed E-state index contributed by atoms with van der Waals surface area (Å²) in [4.78, 5) is 3.97. The molecule has 0 bridgehead atoms. The van der Waals surface area contributed by atoms with E-state index in [2.05, 4.69) is 22.1 Å². The Balaban J connectivity index is 1.99. The van der Waals surface area contributed by atoms with E-state index in [0.29, 0.717) is 5.92 Å². The molecule has 5 nitrogen and oxygen atoms in total. The number of ether oxygens (including phenoxy) is 1. The normalized spacial score (nSPS) is 23.8. The van der Waals surface area contributed by atoms with Crippen LogP contribution >= 0.6 is 11.6 Å². The molecule has 1 aliphatic carbocycles. The highest BCUT2D eigenvalue weighted by molar-refractivity contribution is 6.29. The summed E-state index contributed by atoms with van der Waals surface area (Å²) in [5.74, 6) is 1.47. The van der Waals surface area contributed by atoms with Crippen molar-refractivity contribution in [3.8, 4) is 5.88 Å². The van der Waals surface area contributed by atoms with Crippen LogP contribution in [0.1, 0.15) is 31.2 Å². The number of aromatic nitrogens is 4. The van der Waals surface area contributed by atoms with E-state index >= 15 is 0 Å². The summed E-state index contributed by atoms with van der Waals surface area (Å²) < 4.78 is 31.6. The Labute approximate surface area is 137 Å². The number of alkyl halides is 2. The van der Waals surface area contributed by atoms with Gasteiger partial charge in [-0.1, -0.05) is 18.5 Å². The molecule has 8 heteroatoms. The Bertz CT molecular complexity index is 701. The number of nitrogens with zero attached hydrogens (tertiary/aromatic N) is 4. The lowest BCUT2D eigenvalue weighted by Gasteiger charge is -2.46. The Morgan fingerprint density at radius 2 is 2.17 bits per heavy atom. The van der Waals surface area contributed by atoms with Gasteiger partial charge in [0.25, 0.3) is 6.43 Å². The van der Waals surface area contributed by atoms with E-state index in [1.807, 2.05) is 11.6 Å². The lowest BCUT2D eigenvalue weighted by Crippen LogP contribution is -2.43. The maximum absolute atomic E-state index is 12.4. The van der Waals surface area contributed by atoms with Crippen LogP contribution < -0.4 is 4.74 Å². The van der Waals surface area contributed by atoms with Crippen LogP contribution in [-0.4, -0.2) is 32.8 Å². The van der Waals surface area contributed by atoms with Crippen LogP contribution in [-0.2, 0) is 12.5 Å². The van der Waals surface area contributed by atoms with Crippen LogP contribution in [0.15, 0.2) is 18.5 Å². The van der Waals surface area contributed by atoms with Crippen molar-refractivity contribution in [3.63, 3.8) is 0 Å². The van der Waals surface area contributed by atoms with Crippen molar-refractivity contribution in [2.45, 2.75) is 31.6 Å². The van der Waals surface area contributed by atoms with Crippen molar-refractivity contribution in [1.29, 1.82) is 0 Å². The molecule has 0 radical (unpaired) electrons. The van der Waals surface area contributed by atoms with E-state index < -0.39 is 13.0 Å². The second kappa shape index (κ2) is 6.03. The van der Waals surface area contributed by atoms with Gasteiger partial charge in [-0.15, -0.1) is 10.2 Å². The third kappa shape index (κ3) is 3.02. The van der Waals surface area contributed by atoms with Crippen molar-refractivity contribution in [1.82, 2.24) is 19.7 Å². The fraction of sp³-hybridized carbons (Fsp3) is 0.533. The topological polar surface area (TPSA) is 52.8 Å². The molecule has 0 saturated heterocycles. The molecular formula is C15H17ClF2N4O. The van der Waals surface area contributed by atoms with Gasteiger partial charge in [-0.2, -0.15) is 0 Å². The summed E-state index contributed by atoms with van der Waals surface area (Å²) in [5, 5.41) is 8.42. The molecule has 2 heterocycles. The predicted octanol–water partition coefficient (Wildman–Crippen LogP) is 3.22. The van der Waals surface area contributed by atoms with Crippen molar-refractivity contribution < 1.29 is 13.5 Å². The van der Waals surface area contributed by atoms with Crippen LogP contribution in [0, 0.1) is 5.92 Å². The molecule has 1 aliphatic rings. The molecule has 0 unspecified atom stereocenters. The molecule has 124 valence electrons. The first-order valence-corrected chi connectivity index (χ1v) is 7.72. The van der Waals surface area contributed by atoms with Gasteiger partial charge >= 0.3 is 0 Å². The van der Waals surface area contributed by atoms with Crippen LogP contribution in [0.3, 0.4) is 0 Å². The zero-order chi connectivity index (χ0) is 16.6. The van der Waals surface area contributed by atoms with E-state index in [9.17, 15) is 8.78 Å². The van der Waals surface area contributed by atoms with E-state index in [1.165, 1.54) is 0 Å². The monoisotopic (exact) mass is 342 g/mol. The lowest BCUT2D eigenvalue weighted by atomic mass is 9.58. The van der Waals surface area contributed by atoms with Gasteiger partial charge in [-0.3, -0.25) is 0 Å². The maximum atomic E-state index is 12.4. The molecule has 23 heavy (non-hydrogen) atoms. The highest BCUT2D eigenvalue weighted by Crippen LogP contribution is 2.52. The second-order valence-corrected chi connectivity index (χ2v) is 6.47. The van der Waals surface area contributed by atoms with Gasteiger partial charge < -0.3 is 9.30 Å². The van der Waals surface area contributed by atoms with Crippen molar-refractivity contribution in [2.75, 3.05) is 6.61 Å². The number of aryl methyl sites for hydroxylation is 1. The lowest BCUT2D eigenvalue weighted by molar-refractivity contribution is 0.0793. The first-order chi connectivity index (χ1) is 10.9. The third-order valence-electron chi connectivity index (χ3n) is 4.21. The molecule has 0 aromatic carbocycles. The summed E-state index contributed by atoms with van der Waals surface area (Å²) >= 11 is 6.07. The number of pyridine rings is 1. The number of hydrogen-bond acceptors (Lipinski definition) is 4. The van der Waals surface area contributed by atoms with Gasteiger partial charge in [0.05, 0.1) is 5.41 Å². The molecular weight excluding hydrogens is 326 g/mol. The highest BCUT2D eigenvalue weighted by atomic mass is 35.5. The molecule has 3 rings (SSSR count). The standard InChI is InChI=1S/C15H17ClF2N4O/c1-9-5-15(6-9,14-21-19-8-22(14)2)10-3-11(16)20-13(4-10)23-7-12(17)18/h3-4,8-9,12H,5-7H2,1-2H3. The maximum Gasteiger partial charge on any atom is 0.272 e. The Morgan fingerprint density at radius 3 is 2.74 bits per heavy atom. The second-order valence-electron chi connectivity index (χ2n) is 6.08. The predicted molar refractivity (Wildman–Crippen MR) is 80.9 cm³/mol. The molecule has 0 amide bonds. The molecule has 1 saturated carbocycles. The van der Waals surface area contributed by atoms with E-state index in [-0.39, 0.29) is 16.4 Å². The third-order valence-corrected chi connectivity index (χ3v) is 4.41. The summed E-state index contributed by atoms with van der Waals surface area (Å²) in [6.07, 6.45) is 0.856. The minimum absolute atomic E-state index is 0.105.